The van der Waals surface area contributed by atoms with Crippen LogP contribution in [0.5, 0.6) is 0 Å². The lowest BCUT2D eigenvalue weighted by molar-refractivity contribution is 0.0692. The van der Waals surface area contributed by atoms with Crippen molar-refractivity contribution in [2.75, 3.05) is 11.6 Å². The standard InChI is InChI=1S/C15H14N2O3S/c1-21-9-10-4-2-5-11(8-10)14(18)17-12-6-3-7-16-13(12)15(19)20/h2-8H,9H2,1H3,(H,17,18)(H,19,20). The van der Waals surface area contributed by atoms with E-state index in [9.17, 15) is 9.59 Å². The number of aromatic carboxylic acids is 1. The van der Waals surface area contributed by atoms with Crippen molar-refractivity contribution in [2.24, 2.45) is 0 Å². The zero-order valence-electron chi connectivity index (χ0n) is 11.4. The van der Waals surface area contributed by atoms with Crippen LogP contribution in [0.4, 0.5) is 5.69 Å². The number of benzene rings is 1. The van der Waals surface area contributed by atoms with Crippen molar-refractivity contribution in [3.8, 4) is 0 Å². The van der Waals surface area contributed by atoms with Gasteiger partial charge in [-0.3, -0.25) is 4.79 Å². The summed E-state index contributed by atoms with van der Waals surface area (Å²) in [5, 5.41) is 11.6. The molecule has 1 amide bonds. The van der Waals surface area contributed by atoms with Gasteiger partial charge in [0.1, 0.15) is 0 Å². The Hall–Kier alpha value is -2.34. The molecule has 1 aromatic heterocycles. The van der Waals surface area contributed by atoms with Crippen LogP contribution in [-0.2, 0) is 5.75 Å². The van der Waals surface area contributed by atoms with Gasteiger partial charge in [0, 0.05) is 17.5 Å². The molecule has 1 aromatic carbocycles. The van der Waals surface area contributed by atoms with Crippen LogP contribution in [-0.4, -0.2) is 28.2 Å². The summed E-state index contributed by atoms with van der Waals surface area (Å²) in [6, 6.07) is 10.3. The number of hydrogen-bond acceptors (Lipinski definition) is 4. The first-order valence-electron chi connectivity index (χ1n) is 6.19. The molecule has 0 unspecified atom stereocenters. The number of carbonyl (C=O) groups is 2. The second-order valence-corrected chi connectivity index (χ2v) is 5.16. The number of nitrogens with one attached hydrogen (secondary N) is 1. The minimum atomic E-state index is -1.18. The summed E-state index contributed by atoms with van der Waals surface area (Å²) in [6.45, 7) is 0. The lowest BCUT2D eigenvalue weighted by atomic mass is 10.1. The van der Waals surface area contributed by atoms with Crippen LogP contribution >= 0.6 is 11.8 Å². The van der Waals surface area contributed by atoms with Crippen LogP contribution in [0.15, 0.2) is 42.6 Å². The Balaban J connectivity index is 2.22. The van der Waals surface area contributed by atoms with Gasteiger partial charge < -0.3 is 10.4 Å². The molecule has 2 N–H and O–H groups in total. The number of carboxylic acid groups (broad SMARTS) is 1. The first-order valence-corrected chi connectivity index (χ1v) is 7.58. The van der Waals surface area contributed by atoms with Crippen molar-refractivity contribution in [3.05, 3.63) is 59.4 Å². The van der Waals surface area contributed by atoms with Gasteiger partial charge in [-0.1, -0.05) is 12.1 Å². The number of carboxylic acids is 1. The summed E-state index contributed by atoms with van der Waals surface area (Å²) in [5.74, 6) is -0.718. The molecule has 2 aromatic rings. The fourth-order valence-corrected chi connectivity index (χ4v) is 2.35. The van der Waals surface area contributed by atoms with E-state index in [1.54, 1.807) is 30.0 Å². The molecule has 21 heavy (non-hydrogen) atoms. The van der Waals surface area contributed by atoms with Crippen LogP contribution in [0.3, 0.4) is 0 Å². The smallest absolute Gasteiger partial charge is 0.356 e. The monoisotopic (exact) mass is 302 g/mol. The first kappa shape index (κ1) is 15.1. The fraction of sp³-hybridized carbons (Fsp3) is 0.133. The molecule has 0 saturated heterocycles. The van der Waals surface area contributed by atoms with E-state index in [-0.39, 0.29) is 17.3 Å². The predicted molar refractivity (Wildman–Crippen MR) is 82.8 cm³/mol. The maximum absolute atomic E-state index is 12.2. The van der Waals surface area contributed by atoms with E-state index in [1.165, 1.54) is 12.3 Å². The number of hydrogen-bond donors (Lipinski definition) is 2. The summed E-state index contributed by atoms with van der Waals surface area (Å²) in [5.41, 5.74) is 1.54. The summed E-state index contributed by atoms with van der Waals surface area (Å²) in [7, 11) is 0. The van der Waals surface area contributed by atoms with Crippen LogP contribution in [0.2, 0.25) is 0 Å². The van der Waals surface area contributed by atoms with Crippen molar-refractivity contribution in [2.45, 2.75) is 5.75 Å². The van der Waals surface area contributed by atoms with Crippen LogP contribution < -0.4 is 5.32 Å². The number of pyridine rings is 1. The van der Waals surface area contributed by atoms with Crippen molar-refractivity contribution in [1.82, 2.24) is 4.98 Å². The Morgan fingerprint density at radius 1 is 1.29 bits per heavy atom. The minimum Gasteiger partial charge on any atom is -0.476 e. The van der Waals surface area contributed by atoms with Crippen molar-refractivity contribution in [1.29, 1.82) is 0 Å². The lowest BCUT2D eigenvalue weighted by Gasteiger charge is -2.08. The number of amides is 1. The molecule has 2 rings (SSSR count). The third-order valence-electron chi connectivity index (χ3n) is 2.76. The average Bonchev–Trinajstić information content (AvgIpc) is 2.48. The number of thioether (sulfide) groups is 1. The SMILES string of the molecule is CSCc1cccc(C(=O)Nc2cccnc2C(=O)O)c1. The maximum Gasteiger partial charge on any atom is 0.356 e. The van der Waals surface area contributed by atoms with Crippen LogP contribution in [0, 0.1) is 0 Å². The van der Waals surface area contributed by atoms with Gasteiger partial charge in [-0.2, -0.15) is 11.8 Å². The Morgan fingerprint density at radius 2 is 2.10 bits per heavy atom. The van der Waals surface area contributed by atoms with Gasteiger partial charge in [-0.25, -0.2) is 9.78 Å². The van der Waals surface area contributed by atoms with Gasteiger partial charge in [0.25, 0.3) is 5.91 Å². The molecule has 0 spiro atoms. The molecular formula is C15H14N2O3S. The van der Waals surface area contributed by atoms with Crippen molar-refractivity contribution >= 4 is 29.3 Å². The third-order valence-corrected chi connectivity index (χ3v) is 3.38. The third kappa shape index (κ3) is 3.82. The highest BCUT2D eigenvalue weighted by Gasteiger charge is 2.14. The Labute approximate surface area is 126 Å². The molecule has 0 fully saturated rings. The molecule has 108 valence electrons. The van der Waals surface area contributed by atoms with E-state index in [4.69, 9.17) is 5.11 Å². The first-order chi connectivity index (χ1) is 10.1. The Morgan fingerprint density at radius 3 is 2.81 bits per heavy atom. The molecule has 6 heteroatoms. The zero-order valence-corrected chi connectivity index (χ0v) is 12.2. The van der Waals surface area contributed by atoms with E-state index in [2.05, 4.69) is 10.3 Å². The van der Waals surface area contributed by atoms with E-state index in [0.29, 0.717) is 5.56 Å². The normalized spacial score (nSPS) is 10.1. The number of anilines is 1. The van der Waals surface area contributed by atoms with Crippen molar-refractivity contribution < 1.29 is 14.7 Å². The molecule has 1 heterocycles. The quantitative estimate of drug-likeness (QED) is 0.887. The number of carbonyl (C=O) groups excluding carboxylic acids is 1. The highest BCUT2D eigenvalue weighted by Crippen LogP contribution is 2.16. The van der Waals surface area contributed by atoms with Gasteiger partial charge in [0.15, 0.2) is 5.69 Å². The largest absolute Gasteiger partial charge is 0.476 e. The Kier molecular flexibility index (Phi) is 4.94. The minimum absolute atomic E-state index is 0.175. The molecule has 0 atom stereocenters. The molecule has 0 aliphatic rings. The molecule has 0 bridgehead atoms. The van der Waals surface area contributed by atoms with Crippen molar-refractivity contribution in [3.63, 3.8) is 0 Å². The summed E-state index contributed by atoms with van der Waals surface area (Å²) >= 11 is 1.67. The van der Waals surface area contributed by atoms with Crippen LogP contribution in [0.25, 0.3) is 0 Å². The summed E-state index contributed by atoms with van der Waals surface area (Å²) in [6.07, 6.45) is 3.36. The predicted octanol–water partition coefficient (Wildman–Crippen LogP) is 2.90. The average molecular weight is 302 g/mol. The van der Waals surface area contributed by atoms with Gasteiger partial charge in [0.05, 0.1) is 5.69 Å². The molecule has 0 aliphatic heterocycles. The fourth-order valence-electron chi connectivity index (χ4n) is 1.84. The van der Waals surface area contributed by atoms with E-state index in [0.717, 1.165) is 11.3 Å². The highest BCUT2D eigenvalue weighted by atomic mass is 32.2. The lowest BCUT2D eigenvalue weighted by Crippen LogP contribution is -2.15. The van der Waals surface area contributed by atoms with E-state index in [1.807, 2.05) is 18.4 Å². The number of aromatic nitrogens is 1. The number of rotatable bonds is 5. The molecule has 5 nitrogen and oxygen atoms in total. The van der Waals surface area contributed by atoms with Crippen LogP contribution in [0.1, 0.15) is 26.4 Å². The molecule has 0 radical (unpaired) electrons. The molecule has 0 saturated carbocycles. The highest BCUT2D eigenvalue weighted by molar-refractivity contribution is 7.97. The zero-order chi connectivity index (χ0) is 15.2. The molecule has 0 aliphatic carbocycles. The summed E-state index contributed by atoms with van der Waals surface area (Å²) < 4.78 is 0. The van der Waals surface area contributed by atoms with Gasteiger partial charge >= 0.3 is 5.97 Å². The topological polar surface area (TPSA) is 79.3 Å². The Bertz CT molecular complexity index is 673. The second kappa shape index (κ2) is 6.90. The molecular weight excluding hydrogens is 288 g/mol. The van der Waals surface area contributed by atoms with E-state index < -0.39 is 5.97 Å². The van der Waals surface area contributed by atoms with Gasteiger partial charge in [0.2, 0.25) is 0 Å². The van der Waals surface area contributed by atoms with E-state index >= 15 is 0 Å². The van der Waals surface area contributed by atoms with Gasteiger partial charge in [-0.05, 0) is 36.1 Å². The number of nitrogens with zero attached hydrogens (tertiary/aromatic N) is 1. The maximum atomic E-state index is 12.2. The van der Waals surface area contributed by atoms with Gasteiger partial charge in [-0.15, -0.1) is 0 Å². The summed E-state index contributed by atoms with van der Waals surface area (Å²) in [4.78, 5) is 27.0. The second-order valence-electron chi connectivity index (χ2n) is 4.29.